The number of ether oxygens (including phenoxy) is 1. The first-order chi connectivity index (χ1) is 14.0. The van der Waals surface area contributed by atoms with Crippen molar-refractivity contribution in [1.82, 2.24) is 10.2 Å². The van der Waals surface area contributed by atoms with Gasteiger partial charge in [0.1, 0.15) is 17.8 Å². The van der Waals surface area contributed by atoms with Crippen molar-refractivity contribution in [3.05, 3.63) is 64.7 Å². The van der Waals surface area contributed by atoms with Crippen molar-refractivity contribution in [2.24, 2.45) is 5.73 Å². The van der Waals surface area contributed by atoms with Gasteiger partial charge in [0.15, 0.2) is 5.96 Å². The lowest BCUT2D eigenvalue weighted by Gasteiger charge is -2.29. The summed E-state index contributed by atoms with van der Waals surface area (Å²) in [5.41, 5.74) is 9.30. The second-order valence-electron chi connectivity index (χ2n) is 7.66. The highest BCUT2D eigenvalue weighted by Gasteiger charge is 2.25. The summed E-state index contributed by atoms with van der Waals surface area (Å²) in [6.45, 7) is 3.05. The van der Waals surface area contributed by atoms with E-state index in [1.807, 2.05) is 42.5 Å². The summed E-state index contributed by atoms with van der Waals surface area (Å²) in [4.78, 5) is 13.9. The van der Waals surface area contributed by atoms with E-state index in [1.165, 1.54) is 5.56 Å². The van der Waals surface area contributed by atoms with Gasteiger partial charge in [-0.25, -0.2) is 0 Å². The van der Waals surface area contributed by atoms with Crippen LogP contribution in [0.2, 0.25) is 0 Å². The molecule has 2 unspecified atom stereocenters. The number of rotatable bonds is 5. The first kappa shape index (κ1) is 19.3. The highest BCUT2D eigenvalue weighted by atomic mass is 16.5. The van der Waals surface area contributed by atoms with Crippen molar-refractivity contribution < 1.29 is 14.6 Å². The maximum absolute atomic E-state index is 12.1. The van der Waals surface area contributed by atoms with E-state index < -0.39 is 11.9 Å². The molecule has 0 aromatic heterocycles. The molecule has 2 aromatic carbocycles. The van der Waals surface area contributed by atoms with Crippen molar-refractivity contribution >= 4 is 11.9 Å². The third-order valence-electron chi connectivity index (χ3n) is 5.69. The molecule has 4 rings (SSSR count). The van der Waals surface area contributed by atoms with Crippen molar-refractivity contribution in [1.29, 1.82) is 5.41 Å². The Balaban J connectivity index is 1.57. The summed E-state index contributed by atoms with van der Waals surface area (Å²) in [6.07, 6.45) is 1.95. The lowest BCUT2D eigenvalue weighted by Crippen LogP contribution is -2.40. The average molecular weight is 394 g/mol. The lowest BCUT2D eigenvalue weighted by molar-refractivity contribution is -0.137. The number of hydrogen-bond acceptors (Lipinski definition) is 4. The smallest absolute Gasteiger partial charge is 0.315 e. The van der Waals surface area contributed by atoms with Gasteiger partial charge in [0, 0.05) is 19.6 Å². The Bertz CT molecular complexity index is 907. The van der Waals surface area contributed by atoms with Gasteiger partial charge in [0.2, 0.25) is 0 Å². The number of hydrogen-bond donors (Lipinski definition) is 4. The predicted octanol–water partition coefficient (Wildman–Crippen LogP) is 1.90. The number of nitrogens with two attached hydrogens (primary N) is 1. The lowest BCUT2D eigenvalue weighted by atomic mass is 9.87. The minimum Gasteiger partial charge on any atom is -0.489 e. The van der Waals surface area contributed by atoms with Crippen LogP contribution in [0.1, 0.15) is 34.6 Å². The minimum atomic E-state index is -0.891. The second-order valence-corrected chi connectivity index (χ2v) is 7.66. The van der Waals surface area contributed by atoms with E-state index in [9.17, 15) is 9.90 Å². The average Bonchev–Trinajstić information content (AvgIpc) is 3.21. The van der Waals surface area contributed by atoms with Crippen LogP contribution in [-0.2, 0) is 17.8 Å². The molecular weight excluding hydrogens is 368 g/mol. The van der Waals surface area contributed by atoms with E-state index in [0.717, 1.165) is 42.8 Å². The molecule has 5 N–H and O–H groups in total. The Labute approximate surface area is 170 Å². The number of fused-ring (bicyclic) bond motifs is 1. The molecule has 0 aliphatic carbocycles. The number of nitrogens with one attached hydrogen (secondary N) is 2. The van der Waals surface area contributed by atoms with Gasteiger partial charge in [0.25, 0.3) is 0 Å². The van der Waals surface area contributed by atoms with Crippen LogP contribution in [0, 0.1) is 5.41 Å². The van der Waals surface area contributed by atoms with E-state index in [-0.39, 0.29) is 12.1 Å². The van der Waals surface area contributed by atoms with E-state index in [2.05, 4.69) is 5.32 Å². The first-order valence-corrected chi connectivity index (χ1v) is 9.92. The summed E-state index contributed by atoms with van der Waals surface area (Å²) in [5.74, 6) is -0.842. The number of carbonyl (C=O) groups is 1. The SMILES string of the molecule is N=C(N)N1CCc2ccc(C(C(=O)O)c3ccc(OC4CCNC4)cc3)cc2C1. The van der Waals surface area contributed by atoms with Crippen molar-refractivity contribution in [3.63, 3.8) is 0 Å². The molecule has 0 spiro atoms. The molecule has 0 bridgehead atoms. The van der Waals surface area contributed by atoms with Gasteiger partial charge in [-0.1, -0.05) is 30.3 Å². The predicted molar refractivity (Wildman–Crippen MR) is 110 cm³/mol. The van der Waals surface area contributed by atoms with Crippen LogP contribution in [0.25, 0.3) is 0 Å². The number of benzene rings is 2. The van der Waals surface area contributed by atoms with Crippen LogP contribution in [0.4, 0.5) is 0 Å². The molecule has 152 valence electrons. The Kier molecular flexibility index (Phi) is 5.40. The summed E-state index contributed by atoms with van der Waals surface area (Å²) in [7, 11) is 0. The molecule has 2 heterocycles. The summed E-state index contributed by atoms with van der Waals surface area (Å²) < 4.78 is 5.94. The quantitative estimate of drug-likeness (QED) is 0.455. The topological polar surface area (TPSA) is 112 Å². The Morgan fingerprint density at radius 3 is 2.62 bits per heavy atom. The Hall–Kier alpha value is -3.06. The highest BCUT2D eigenvalue weighted by Crippen LogP contribution is 2.30. The normalized spacial score (nSPS) is 19.4. The van der Waals surface area contributed by atoms with Gasteiger partial charge in [0.05, 0.1) is 0 Å². The largest absolute Gasteiger partial charge is 0.489 e. The zero-order valence-electron chi connectivity index (χ0n) is 16.2. The standard InChI is InChI=1S/C22H26N4O3/c23-22(24)26-10-8-14-1-2-16(11-17(14)13-26)20(21(27)28)15-3-5-18(6-4-15)29-19-7-9-25-12-19/h1-6,11,19-20,25H,7-10,12-13H2,(H3,23,24)(H,27,28). The first-order valence-electron chi connectivity index (χ1n) is 9.92. The molecule has 7 heteroatoms. The van der Waals surface area contributed by atoms with Gasteiger partial charge < -0.3 is 25.8 Å². The number of carboxylic acids is 1. The van der Waals surface area contributed by atoms with Gasteiger partial charge in [-0.15, -0.1) is 0 Å². The van der Waals surface area contributed by atoms with Crippen LogP contribution in [0.5, 0.6) is 5.75 Å². The molecule has 0 amide bonds. The van der Waals surface area contributed by atoms with Crippen LogP contribution in [-0.4, -0.2) is 47.7 Å². The van der Waals surface area contributed by atoms with Crippen LogP contribution in [0.15, 0.2) is 42.5 Å². The number of aliphatic carboxylic acids is 1. The van der Waals surface area contributed by atoms with Gasteiger partial charge in [-0.2, -0.15) is 0 Å². The molecule has 2 atom stereocenters. The fourth-order valence-corrected chi connectivity index (χ4v) is 4.10. The zero-order chi connectivity index (χ0) is 20.4. The summed E-state index contributed by atoms with van der Waals surface area (Å²) in [5, 5.41) is 20.9. The molecule has 7 nitrogen and oxygen atoms in total. The second kappa shape index (κ2) is 8.13. The molecule has 2 aliphatic heterocycles. The van der Waals surface area contributed by atoms with Gasteiger partial charge in [-0.3, -0.25) is 10.2 Å². The number of guanidine groups is 1. The Morgan fingerprint density at radius 1 is 1.21 bits per heavy atom. The molecule has 1 saturated heterocycles. The fraction of sp³-hybridized carbons (Fsp3) is 0.364. The highest BCUT2D eigenvalue weighted by molar-refractivity contribution is 5.80. The molecule has 0 saturated carbocycles. The molecular formula is C22H26N4O3. The maximum atomic E-state index is 12.1. The van der Waals surface area contributed by atoms with E-state index in [0.29, 0.717) is 18.7 Å². The number of nitrogens with zero attached hydrogens (tertiary/aromatic N) is 1. The molecule has 2 aromatic rings. The molecule has 2 aliphatic rings. The van der Waals surface area contributed by atoms with E-state index in [4.69, 9.17) is 15.9 Å². The molecule has 0 radical (unpaired) electrons. The van der Waals surface area contributed by atoms with Crippen molar-refractivity contribution in [3.8, 4) is 5.75 Å². The summed E-state index contributed by atoms with van der Waals surface area (Å²) in [6, 6.07) is 13.2. The van der Waals surface area contributed by atoms with E-state index in [1.54, 1.807) is 4.90 Å². The summed E-state index contributed by atoms with van der Waals surface area (Å²) >= 11 is 0. The van der Waals surface area contributed by atoms with Crippen molar-refractivity contribution in [2.75, 3.05) is 19.6 Å². The van der Waals surface area contributed by atoms with Crippen LogP contribution < -0.4 is 15.8 Å². The van der Waals surface area contributed by atoms with Gasteiger partial charge in [-0.05, 0) is 53.8 Å². The van der Waals surface area contributed by atoms with E-state index >= 15 is 0 Å². The van der Waals surface area contributed by atoms with Gasteiger partial charge >= 0.3 is 5.97 Å². The third kappa shape index (κ3) is 4.19. The Morgan fingerprint density at radius 2 is 1.97 bits per heavy atom. The maximum Gasteiger partial charge on any atom is 0.315 e. The molecule has 29 heavy (non-hydrogen) atoms. The number of carboxylic acid groups (broad SMARTS) is 1. The third-order valence-corrected chi connectivity index (χ3v) is 5.69. The fourth-order valence-electron chi connectivity index (χ4n) is 4.10. The molecule has 1 fully saturated rings. The van der Waals surface area contributed by atoms with Crippen LogP contribution in [0.3, 0.4) is 0 Å². The minimum absolute atomic E-state index is 0.0453. The van der Waals surface area contributed by atoms with Crippen LogP contribution >= 0.6 is 0 Å². The monoisotopic (exact) mass is 394 g/mol. The van der Waals surface area contributed by atoms with Crippen molar-refractivity contribution in [2.45, 2.75) is 31.4 Å². The zero-order valence-corrected chi connectivity index (χ0v) is 16.2.